The van der Waals surface area contributed by atoms with E-state index in [4.69, 9.17) is 14.2 Å². The molecule has 2 heterocycles. The molecule has 0 N–H and O–H groups in total. The summed E-state index contributed by atoms with van der Waals surface area (Å²) in [5.74, 6) is 0. The van der Waals surface area contributed by atoms with Crippen LogP contribution >= 0.6 is 0 Å². The van der Waals surface area contributed by atoms with Crippen molar-refractivity contribution in [1.29, 1.82) is 0 Å². The van der Waals surface area contributed by atoms with Gasteiger partial charge in [-0.25, -0.2) is 0 Å². The quantitative estimate of drug-likeness (QED) is 0.496. The number of hydrogen-bond donors (Lipinski definition) is 0. The van der Waals surface area contributed by atoms with Crippen LogP contribution in [0.25, 0.3) is 0 Å². The molecule has 52 valence electrons. The van der Waals surface area contributed by atoms with E-state index in [1.807, 2.05) is 0 Å². The number of methoxy groups -OCH3 is 1. The number of hydrogen-bond acceptors (Lipinski definition) is 3. The first kappa shape index (κ1) is 5.65. The molecule has 3 nitrogen and oxygen atoms in total. The van der Waals surface area contributed by atoms with Crippen LogP contribution in [0.1, 0.15) is 0 Å². The molecular weight excluding hydrogens is 120 g/mol. The molecule has 0 aromatic rings. The highest BCUT2D eigenvalue weighted by atomic mass is 16.6. The molecule has 2 aliphatic rings. The van der Waals surface area contributed by atoms with Gasteiger partial charge in [0.2, 0.25) is 0 Å². The van der Waals surface area contributed by atoms with Gasteiger partial charge in [-0.15, -0.1) is 0 Å². The van der Waals surface area contributed by atoms with Crippen molar-refractivity contribution in [2.24, 2.45) is 0 Å². The van der Waals surface area contributed by atoms with Gasteiger partial charge in [-0.05, 0) is 0 Å². The van der Waals surface area contributed by atoms with E-state index < -0.39 is 0 Å². The Morgan fingerprint density at radius 1 is 1.33 bits per heavy atom. The Bertz CT molecular complexity index is 94.9. The minimum atomic E-state index is 0.199. The third-order valence-corrected chi connectivity index (χ3v) is 1.72. The Morgan fingerprint density at radius 2 is 1.78 bits per heavy atom. The summed E-state index contributed by atoms with van der Waals surface area (Å²) in [5.41, 5.74) is 0. The molecule has 0 radical (unpaired) electrons. The molecule has 9 heavy (non-hydrogen) atoms. The minimum Gasteiger partial charge on any atom is -0.376 e. The predicted octanol–water partition coefficient (Wildman–Crippen LogP) is -0.201. The number of epoxide rings is 2. The molecule has 0 bridgehead atoms. The third-order valence-electron chi connectivity index (χ3n) is 1.72. The molecule has 0 spiro atoms. The SMILES string of the molecule is COC([C@@H]1CO1)[C@@H]1CO1. The monoisotopic (exact) mass is 130 g/mol. The molecule has 2 saturated heterocycles. The van der Waals surface area contributed by atoms with Crippen molar-refractivity contribution in [3.8, 4) is 0 Å². The number of ether oxygens (including phenoxy) is 3. The van der Waals surface area contributed by atoms with E-state index in [0.29, 0.717) is 12.2 Å². The fourth-order valence-electron chi connectivity index (χ4n) is 1.03. The van der Waals surface area contributed by atoms with Gasteiger partial charge >= 0.3 is 0 Å². The van der Waals surface area contributed by atoms with Crippen LogP contribution < -0.4 is 0 Å². The second kappa shape index (κ2) is 1.94. The van der Waals surface area contributed by atoms with E-state index in [2.05, 4.69) is 0 Å². The van der Waals surface area contributed by atoms with Gasteiger partial charge in [0.1, 0.15) is 18.3 Å². The summed E-state index contributed by atoms with van der Waals surface area (Å²) >= 11 is 0. The van der Waals surface area contributed by atoms with Crippen molar-refractivity contribution in [3.63, 3.8) is 0 Å². The highest BCUT2D eigenvalue weighted by molar-refractivity contribution is 4.91. The van der Waals surface area contributed by atoms with Crippen molar-refractivity contribution in [1.82, 2.24) is 0 Å². The molecular formula is C6H10O3. The lowest BCUT2D eigenvalue weighted by molar-refractivity contribution is 0.0529. The third kappa shape index (κ3) is 1.08. The predicted molar refractivity (Wildman–Crippen MR) is 30.3 cm³/mol. The molecule has 0 amide bonds. The molecule has 0 unspecified atom stereocenters. The molecule has 0 aromatic carbocycles. The Labute approximate surface area is 53.9 Å². The average molecular weight is 130 g/mol. The highest BCUT2D eigenvalue weighted by Gasteiger charge is 2.44. The lowest BCUT2D eigenvalue weighted by atomic mass is 10.2. The summed E-state index contributed by atoms with van der Waals surface area (Å²) < 4.78 is 15.3. The van der Waals surface area contributed by atoms with Gasteiger partial charge in [-0.3, -0.25) is 0 Å². The summed E-state index contributed by atoms with van der Waals surface area (Å²) in [6, 6.07) is 0. The maximum Gasteiger partial charge on any atom is 0.114 e. The van der Waals surface area contributed by atoms with Crippen LogP contribution in [0.15, 0.2) is 0 Å². The smallest absolute Gasteiger partial charge is 0.114 e. The average Bonchev–Trinajstić information content (AvgIpc) is 2.61. The number of rotatable bonds is 3. The molecule has 2 aliphatic heterocycles. The van der Waals surface area contributed by atoms with Gasteiger partial charge < -0.3 is 14.2 Å². The normalized spacial score (nSPS) is 39.3. The molecule has 0 saturated carbocycles. The van der Waals surface area contributed by atoms with Crippen LogP contribution in [0.2, 0.25) is 0 Å². The van der Waals surface area contributed by atoms with Crippen molar-refractivity contribution >= 4 is 0 Å². The van der Waals surface area contributed by atoms with Crippen LogP contribution in [-0.2, 0) is 14.2 Å². The molecule has 0 aromatic heterocycles. The second-order valence-corrected chi connectivity index (χ2v) is 2.44. The molecule has 0 aliphatic carbocycles. The van der Waals surface area contributed by atoms with Gasteiger partial charge in [0.15, 0.2) is 0 Å². The van der Waals surface area contributed by atoms with E-state index in [0.717, 1.165) is 13.2 Å². The van der Waals surface area contributed by atoms with Crippen LogP contribution in [0.4, 0.5) is 0 Å². The second-order valence-electron chi connectivity index (χ2n) is 2.44. The van der Waals surface area contributed by atoms with Gasteiger partial charge in [-0.1, -0.05) is 0 Å². The summed E-state index contributed by atoms with van der Waals surface area (Å²) in [7, 11) is 1.70. The van der Waals surface area contributed by atoms with Gasteiger partial charge in [-0.2, -0.15) is 0 Å². The largest absolute Gasteiger partial charge is 0.376 e. The maximum atomic E-state index is 5.15. The van der Waals surface area contributed by atoms with Crippen molar-refractivity contribution in [3.05, 3.63) is 0 Å². The lowest BCUT2D eigenvalue weighted by Crippen LogP contribution is -2.24. The van der Waals surface area contributed by atoms with Crippen LogP contribution in [0.3, 0.4) is 0 Å². The highest BCUT2D eigenvalue weighted by Crippen LogP contribution is 2.26. The summed E-state index contributed by atoms with van der Waals surface area (Å²) in [4.78, 5) is 0. The molecule has 2 atom stereocenters. The van der Waals surface area contributed by atoms with Crippen molar-refractivity contribution in [2.75, 3.05) is 20.3 Å². The van der Waals surface area contributed by atoms with Crippen LogP contribution in [0, 0.1) is 0 Å². The lowest BCUT2D eigenvalue weighted by Gasteiger charge is -2.06. The van der Waals surface area contributed by atoms with Crippen LogP contribution in [0.5, 0.6) is 0 Å². The van der Waals surface area contributed by atoms with E-state index in [1.54, 1.807) is 7.11 Å². The standard InChI is InChI=1S/C6H10O3/c1-7-6(4-2-8-4)5-3-9-5/h4-6H,2-3H2,1H3/t4-,5-/m0/s1. The zero-order valence-corrected chi connectivity index (χ0v) is 5.37. The van der Waals surface area contributed by atoms with E-state index >= 15 is 0 Å². The summed E-state index contributed by atoms with van der Waals surface area (Å²) in [6.07, 6.45) is 0.843. The first-order valence-electron chi connectivity index (χ1n) is 3.18. The fourth-order valence-corrected chi connectivity index (χ4v) is 1.03. The van der Waals surface area contributed by atoms with E-state index in [9.17, 15) is 0 Å². The Morgan fingerprint density at radius 3 is 2.00 bits per heavy atom. The summed E-state index contributed by atoms with van der Waals surface area (Å²) in [5, 5.41) is 0. The minimum absolute atomic E-state index is 0.199. The van der Waals surface area contributed by atoms with Gasteiger partial charge in [0.05, 0.1) is 13.2 Å². The van der Waals surface area contributed by atoms with E-state index in [-0.39, 0.29) is 6.10 Å². The molecule has 2 fully saturated rings. The van der Waals surface area contributed by atoms with E-state index in [1.165, 1.54) is 0 Å². The zero-order chi connectivity index (χ0) is 6.27. The first-order valence-corrected chi connectivity index (χ1v) is 3.18. The fraction of sp³-hybridized carbons (Fsp3) is 1.00. The van der Waals surface area contributed by atoms with Crippen molar-refractivity contribution in [2.45, 2.75) is 18.3 Å². The van der Waals surface area contributed by atoms with Crippen molar-refractivity contribution < 1.29 is 14.2 Å². The van der Waals surface area contributed by atoms with Gasteiger partial charge in [0, 0.05) is 7.11 Å². The molecule has 2 rings (SSSR count). The zero-order valence-electron chi connectivity index (χ0n) is 5.37. The first-order chi connectivity index (χ1) is 4.42. The Balaban J connectivity index is 1.85. The maximum absolute atomic E-state index is 5.15. The molecule has 3 heteroatoms. The van der Waals surface area contributed by atoms with Gasteiger partial charge in [0.25, 0.3) is 0 Å². The summed E-state index contributed by atoms with van der Waals surface area (Å²) in [6.45, 7) is 1.69. The van der Waals surface area contributed by atoms with Crippen LogP contribution in [-0.4, -0.2) is 38.6 Å². The Kier molecular flexibility index (Phi) is 1.22. The Hall–Kier alpha value is -0.120. The topological polar surface area (TPSA) is 34.3 Å².